The minimum Gasteiger partial charge on any atom is -0.458 e. The van der Waals surface area contributed by atoms with Crippen LogP contribution in [0.15, 0.2) is 0 Å². The largest absolute Gasteiger partial charge is 0.458 e. The van der Waals surface area contributed by atoms with E-state index in [0.29, 0.717) is 0 Å². The fourth-order valence-electron chi connectivity index (χ4n) is 1.17. The number of carbonyl (C=O) groups is 2. The molecule has 0 radical (unpaired) electrons. The van der Waals surface area contributed by atoms with Crippen LogP contribution >= 0.6 is 11.6 Å². The molecule has 20 heavy (non-hydrogen) atoms. The van der Waals surface area contributed by atoms with E-state index in [2.05, 4.69) is 0 Å². The van der Waals surface area contributed by atoms with Crippen LogP contribution in [0.4, 0.5) is 4.79 Å². The average Bonchev–Trinajstić information content (AvgIpc) is 2.22. The van der Waals surface area contributed by atoms with Crippen LogP contribution < -0.4 is 0 Å². The number of hydrogen-bond donors (Lipinski definition) is 1. The summed E-state index contributed by atoms with van der Waals surface area (Å²) in [5, 5.41) is 8.27. The Bertz CT molecular complexity index is 372. The van der Waals surface area contributed by atoms with Crippen molar-refractivity contribution in [3.63, 3.8) is 0 Å². The molecule has 1 unspecified atom stereocenters. The number of aliphatic hydroxyl groups is 1. The summed E-state index contributed by atoms with van der Waals surface area (Å²) in [6.07, 6.45) is -0.826. The summed E-state index contributed by atoms with van der Waals surface area (Å²) >= 11 is 5.80. The highest BCUT2D eigenvalue weighted by atomic mass is 35.5. The Balaban J connectivity index is 5.13. The summed E-state index contributed by atoms with van der Waals surface area (Å²) in [4.78, 5) is 25.1. The third-order valence-electron chi connectivity index (χ3n) is 2.49. The minimum absolute atomic E-state index is 0.601. The Labute approximate surface area is 125 Å². The first-order valence-corrected chi connectivity index (χ1v) is 6.61. The lowest BCUT2D eigenvalue weighted by atomic mass is 10.0. The van der Waals surface area contributed by atoms with E-state index in [9.17, 15) is 14.7 Å². The second-order valence-corrected chi connectivity index (χ2v) is 7.13. The van der Waals surface area contributed by atoms with E-state index in [1.54, 1.807) is 20.8 Å². The molecule has 6 nitrogen and oxygen atoms in total. The number of alkyl halides is 1. The highest BCUT2D eigenvalue weighted by Gasteiger charge is 2.44. The van der Waals surface area contributed by atoms with Crippen molar-refractivity contribution in [2.45, 2.75) is 57.7 Å². The third kappa shape index (κ3) is 5.54. The SMILES string of the molecule is CN(C(=O)OC(C)(C)Cl)C(C)(CO)C(=O)OC(C)(C)C. The third-order valence-corrected chi connectivity index (χ3v) is 2.57. The quantitative estimate of drug-likeness (QED) is 0.636. The summed E-state index contributed by atoms with van der Waals surface area (Å²) in [6.45, 7) is 8.86. The molecule has 0 rings (SSSR count). The van der Waals surface area contributed by atoms with Gasteiger partial charge in [-0.25, -0.2) is 9.59 Å². The molecule has 118 valence electrons. The van der Waals surface area contributed by atoms with Gasteiger partial charge in [-0.05, 0) is 41.5 Å². The molecule has 7 heteroatoms. The number of likely N-dealkylation sites (N-methyl/N-ethyl adjacent to an activating group) is 1. The van der Waals surface area contributed by atoms with E-state index in [0.717, 1.165) is 4.90 Å². The smallest absolute Gasteiger partial charge is 0.412 e. The van der Waals surface area contributed by atoms with Crippen LogP contribution in [0, 0.1) is 0 Å². The topological polar surface area (TPSA) is 76.1 Å². The fourth-order valence-corrected chi connectivity index (χ4v) is 1.24. The normalized spacial score (nSPS) is 15.2. The van der Waals surface area contributed by atoms with Gasteiger partial charge < -0.3 is 14.6 Å². The maximum absolute atomic E-state index is 12.2. The van der Waals surface area contributed by atoms with Gasteiger partial charge in [0.05, 0.1) is 6.61 Å². The van der Waals surface area contributed by atoms with Crippen LogP contribution in [-0.2, 0) is 14.3 Å². The lowest BCUT2D eigenvalue weighted by molar-refractivity contribution is -0.170. The van der Waals surface area contributed by atoms with Crippen molar-refractivity contribution in [2.75, 3.05) is 13.7 Å². The van der Waals surface area contributed by atoms with Gasteiger partial charge in [0.15, 0.2) is 10.6 Å². The molecule has 0 aliphatic carbocycles. The van der Waals surface area contributed by atoms with E-state index in [4.69, 9.17) is 21.1 Å². The van der Waals surface area contributed by atoms with Crippen molar-refractivity contribution >= 4 is 23.7 Å². The van der Waals surface area contributed by atoms with Gasteiger partial charge in [0, 0.05) is 7.05 Å². The molecule has 0 aromatic heterocycles. The summed E-state index contributed by atoms with van der Waals surface area (Å²) in [6, 6.07) is 0. The molecule has 0 aromatic carbocycles. The van der Waals surface area contributed by atoms with Crippen molar-refractivity contribution in [3.8, 4) is 0 Å². The maximum Gasteiger partial charge on any atom is 0.412 e. The fraction of sp³-hybridized carbons (Fsp3) is 0.846. The first-order valence-electron chi connectivity index (χ1n) is 6.23. The standard InChI is InChI=1S/C13H24ClNO5/c1-11(2,3)19-9(17)13(6,8-16)15(7)10(18)20-12(4,5)14/h16H,8H2,1-7H3. The molecule has 0 saturated carbocycles. The summed E-state index contributed by atoms with van der Waals surface area (Å²) in [5.41, 5.74) is -2.28. The van der Waals surface area contributed by atoms with Gasteiger partial charge >= 0.3 is 12.1 Å². The monoisotopic (exact) mass is 309 g/mol. The van der Waals surface area contributed by atoms with Gasteiger partial charge in [-0.15, -0.1) is 0 Å². The number of rotatable bonds is 4. The molecule has 0 spiro atoms. The van der Waals surface area contributed by atoms with Crippen LogP contribution in [0.1, 0.15) is 41.5 Å². The lowest BCUT2D eigenvalue weighted by Gasteiger charge is -2.37. The van der Waals surface area contributed by atoms with Crippen LogP contribution in [0.2, 0.25) is 0 Å². The molecule has 1 N–H and O–H groups in total. The summed E-state index contributed by atoms with van der Waals surface area (Å²) in [5.74, 6) is -0.723. The summed E-state index contributed by atoms with van der Waals surface area (Å²) < 4.78 is 10.2. The second kappa shape index (κ2) is 6.18. The molecular formula is C13H24ClNO5. The molecule has 0 heterocycles. The molecule has 0 aliphatic heterocycles. The van der Waals surface area contributed by atoms with E-state index >= 15 is 0 Å². The first-order chi connectivity index (χ1) is 8.73. The molecule has 0 saturated heterocycles. The van der Waals surface area contributed by atoms with Gasteiger partial charge in [-0.3, -0.25) is 4.90 Å². The molecule has 0 bridgehead atoms. The van der Waals surface area contributed by atoms with Crippen molar-refractivity contribution < 1.29 is 24.2 Å². The van der Waals surface area contributed by atoms with Crippen LogP contribution in [0.5, 0.6) is 0 Å². The van der Waals surface area contributed by atoms with Crippen molar-refractivity contribution in [2.24, 2.45) is 0 Å². The Morgan fingerprint density at radius 1 is 1.10 bits per heavy atom. The van der Waals surface area contributed by atoms with Gasteiger partial charge in [0.2, 0.25) is 0 Å². The van der Waals surface area contributed by atoms with Gasteiger partial charge in [-0.1, -0.05) is 11.6 Å². The highest BCUT2D eigenvalue weighted by Crippen LogP contribution is 2.23. The number of halogens is 1. The highest BCUT2D eigenvalue weighted by molar-refractivity contribution is 6.22. The number of amides is 1. The maximum atomic E-state index is 12.2. The molecular weight excluding hydrogens is 286 g/mol. The predicted molar refractivity (Wildman–Crippen MR) is 75.5 cm³/mol. The minimum atomic E-state index is -1.55. The zero-order valence-electron chi connectivity index (χ0n) is 13.1. The Kier molecular flexibility index (Phi) is 5.87. The van der Waals surface area contributed by atoms with Crippen LogP contribution in [0.25, 0.3) is 0 Å². The Hall–Kier alpha value is -1.01. The Morgan fingerprint density at radius 2 is 1.55 bits per heavy atom. The number of ether oxygens (including phenoxy) is 2. The number of esters is 1. The predicted octanol–water partition coefficient (Wildman–Crippen LogP) is 2.12. The van der Waals surface area contributed by atoms with Crippen LogP contribution in [0.3, 0.4) is 0 Å². The van der Waals surface area contributed by atoms with E-state index in [1.165, 1.54) is 27.8 Å². The van der Waals surface area contributed by atoms with Crippen molar-refractivity contribution in [3.05, 3.63) is 0 Å². The number of carbonyl (C=O) groups excluding carboxylic acids is 2. The number of hydrogen-bond acceptors (Lipinski definition) is 5. The van der Waals surface area contributed by atoms with Crippen molar-refractivity contribution in [1.82, 2.24) is 4.90 Å². The molecule has 1 atom stereocenters. The number of aliphatic hydroxyl groups excluding tert-OH is 1. The zero-order valence-corrected chi connectivity index (χ0v) is 13.9. The van der Waals surface area contributed by atoms with Gasteiger partial charge in [0.1, 0.15) is 5.60 Å². The second-order valence-electron chi connectivity index (χ2n) is 6.22. The van der Waals surface area contributed by atoms with Crippen LogP contribution in [-0.4, -0.2) is 51.9 Å². The van der Waals surface area contributed by atoms with Gasteiger partial charge in [0.25, 0.3) is 0 Å². The number of nitrogens with zero attached hydrogens (tertiary/aromatic N) is 1. The average molecular weight is 310 g/mol. The van der Waals surface area contributed by atoms with Gasteiger partial charge in [-0.2, -0.15) is 0 Å². The van der Waals surface area contributed by atoms with E-state index < -0.39 is 34.9 Å². The lowest BCUT2D eigenvalue weighted by Crippen LogP contribution is -2.58. The van der Waals surface area contributed by atoms with E-state index in [-0.39, 0.29) is 0 Å². The molecule has 0 aromatic rings. The van der Waals surface area contributed by atoms with Crippen molar-refractivity contribution in [1.29, 1.82) is 0 Å². The Morgan fingerprint density at radius 3 is 1.85 bits per heavy atom. The molecule has 0 aliphatic rings. The zero-order chi connectivity index (χ0) is 16.4. The van der Waals surface area contributed by atoms with E-state index in [1.807, 2.05) is 0 Å². The first kappa shape index (κ1) is 19.0. The molecule has 0 fully saturated rings. The molecule has 1 amide bonds. The summed E-state index contributed by atoms with van der Waals surface area (Å²) in [7, 11) is 1.34.